The molecule has 0 saturated heterocycles. The van der Waals surface area contributed by atoms with Crippen LogP contribution >= 0.6 is 0 Å². The molecule has 0 fully saturated rings. The van der Waals surface area contributed by atoms with Gasteiger partial charge in [-0.15, -0.1) is 0 Å². The average Bonchev–Trinajstić information content (AvgIpc) is 2.37. The van der Waals surface area contributed by atoms with Crippen molar-refractivity contribution in [2.75, 3.05) is 13.2 Å². The number of aliphatic hydroxyl groups is 2. The Morgan fingerprint density at radius 3 is 1.58 bits per heavy atom. The summed E-state index contributed by atoms with van der Waals surface area (Å²) in [5.41, 5.74) is -0.306. The topological polar surface area (TPSA) is 115 Å². The average molecular weight is 278 g/mol. The fourth-order valence-corrected chi connectivity index (χ4v) is 0.378. The van der Waals surface area contributed by atoms with E-state index in [1.54, 1.807) is 13.8 Å². The third-order valence-electron chi connectivity index (χ3n) is 1.77. The Balaban J connectivity index is -0.000000206. The molecule has 0 heterocycles. The molecule has 4 N–H and O–H groups in total. The van der Waals surface area contributed by atoms with E-state index in [-0.39, 0.29) is 18.6 Å². The van der Waals surface area contributed by atoms with Gasteiger partial charge in [0.25, 0.3) is 0 Å². The zero-order chi connectivity index (χ0) is 15.9. The van der Waals surface area contributed by atoms with E-state index in [0.717, 1.165) is 18.9 Å². The molecular formula is C13H26O6. The summed E-state index contributed by atoms with van der Waals surface area (Å²) in [4.78, 5) is 19.0. The molecule has 0 aromatic heterocycles. The largest absolute Gasteiger partial charge is 0.481 e. The van der Waals surface area contributed by atoms with E-state index in [1.165, 1.54) is 0 Å². The molecule has 0 aromatic rings. The standard InChI is InChI=1S/C5H12O2.C5H10O2.C3H4O2/c1-5(2,3-6)4-7;1-2-3-4-5(6)7;1-2-3(4)5/h6-7H,3-4H2,1-2H3;2-4H2,1H3,(H,6,7);2H,1H2,(H,4,5). The molecule has 0 amide bonds. The predicted octanol–water partition coefficient (Wildman–Crippen LogP) is 1.52. The normalized spacial score (nSPS) is 9.32. The molecule has 0 atom stereocenters. The molecule has 0 aromatic carbocycles. The summed E-state index contributed by atoms with van der Waals surface area (Å²) in [5.74, 6) is -1.67. The molecular weight excluding hydrogens is 252 g/mol. The Bertz CT molecular complexity index is 242. The van der Waals surface area contributed by atoms with E-state index in [1.807, 2.05) is 6.92 Å². The zero-order valence-corrected chi connectivity index (χ0v) is 11.9. The molecule has 114 valence electrons. The van der Waals surface area contributed by atoms with Crippen molar-refractivity contribution >= 4 is 11.9 Å². The number of rotatable bonds is 6. The van der Waals surface area contributed by atoms with E-state index >= 15 is 0 Å². The first-order valence-electron chi connectivity index (χ1n) is 5.95. The van der Waals surface area contributed by atoms with Crippen molar-refractivity contribution in [3.63, 3.8) is 0 Å². The number of unbranched alkanes of at least 4 members (excludes halogenated alkanes) is 1. The number of aliphatic hydroxyl groups excluding tert-OH is 2. The van der Waals surface area contributed by atoms with Crippen LogP contribution in [-0.4, -0.2) is 45.6 Å². The SMILES string of the molecule is C=CC(=O)O.CC(C)(CO)CO.CCCCC(=O)O. The van der Waals surface area contributed by atoms with Crippen molar-refractivity contribution in [3.8, 4) is 0 Å². The minimum atomic E-state index is -0.981. The van der Waals surface area contributed by atoms with Crippen LogP contribution in [0.1, 0.15) is 40.0 Å². The second-order valence-corrected chi connectivity index (χ2v) is 4.52. The lowest BCUT2D eigenvalue weighted by molar-refractivity contribution is -0.137. The molecule has 6 nitrogen and oxygen atoms in total. The van der Waals surface area contributed by atoms with Gasteiger partial charge in [-0.2, -0.15) is 0 Å². The first-order chi connectivity index (χ1) is 8.66. The van der Waals surface area contributed by atoms with Crippen molar-refractivity contribution < 1.29 is 30.0 Å². The first kappa shape index (κ1) is 22.8. The van der Waals surface area contributed by atoms with Gasteiger partial charge >= 0.3 is 11.9 Å². The Hall–Kier alpha value is -1.40. The fraction of sp³-hybridized carbons (Fsp3) is 0.692. The molecule has 0 aliphatic heterocycles. The molecule has 0 saturated carbocycles. The highest BCUT2D eigenvalue weighted by Gasteiger charge is 2.13. The second-order valence-electron chi connectivity index (χ2n) is 4.52. The third-order valence-corrected chi connectivity index (χ3v) is 1.77. The van der Waals surface area contributed by atoms with Crippen molar-refractivity contribution in [1.29, 1.82) is 0 Å². The van der Waals surface area contributed by atoms with Crippen LogP contribution in [0.4, 0.5) is 0 Å². The van der Waals surface area contributed by atoms with Crippen LogP contribution in [0.25, 0.3) is 0 Å². The van der Waals surface area contributed by atoms with Gasteiger partial charge in [-0.3, -0.25) is 4.79 Å². The van der Waals surface area contributed by atoms with E-state index in [4.69, 9.17) is 20.4 Å². The monoisotopic (exact) mass is 278 g/mol. The number of hydrogen-bond acceptors (Lipinski definition) is 4. The Morgan fingerprint density at radius 2 is 1.53 bits per heavy atom. The smallest absolute Gasteiger partial charge is 0.327 e. The van der Waals surface area contributed by atoms with Crippen LogP contribution < -0.4 is 0 Å². The maximum atomic E-state index is 9.76. The Labute approximate surface area is 114 Å². The van der Waals surface area contributed by atoms with Gasteiger partial charge in [0.05, 0.1) is 13.2 Å². The number of carboxylic acids is 2. The molecule has 0 aliphatic rings. The maximum Gasteiger partial charge on any atom is 0.327 e. The molecule has 0 radical (unpaired) electrons. The number of carboxylic acid groups (broad SMARTS) is 2. The lowest BCUT2D eigenvalue weighted by Gasteiger charge is -2.16. The lowest BCUT2D eigenvalue weighted by Crippen LogP contribution is -2.20. The van der Waals surface area contributed by atoms with Gasteiger partial charge in [0.2, 0.25) is 0 Å². The van der Waals surface area contributed by atoms with E-state index < -0.39 is 11.9 Å². The summed E-state index contributed by atoms with van der Waals surface area (Å²) < 4.78 is 0. The van der Waals surface area contributed by atoms with E-state index in [2.05, 4.69) is 6.58 Å². The van der Waals surface area contributed by atoms with Gasteiger partial charge in [-0.1, -0.05) is 33.8 Å². The van der Waals surface area contributed by atoms with Gasteiger partial charge in [-0.05, 0) is 6.42 Å². The Kier molecular flexibility index (Phi) is 17.6. The van der Waals surface area contributed by atoms with Crippen LogP contribution in [0.5, 0.6) is 0 Å². The van der Waals surface area contributed by atoms with E-state index in [9.17, 15) is 9.59 Å². The summed E-state index contributed by atoms with van der Waals surface area (Å²) in [5, 5.41) is 32.5. The van der Waals surface area contributed by atoms with Crippen LogP contribution in [0.15, 0.2) is 12.7 Å². The Morgan fingerprint density at radius 1 is 1.16 bits per heavy atom. The minimum Gasteiger partial charge on any atom is -0.481 e. The summed E-state index contributed by atoms with van der Waals surface area (Å²) in [6, 6.07) is 0. The van der Waals surface area contributed by atoms with Gasteiger partial charge in [0.1, 0.15) is 0 Å². The van der Waals surface area contributed by atoms with Gasteiger partial charge in [0.15, 0.2) is 0 Å². The van der Waals surface area contributed by atoms with Gasteiger partial charge in [-0.25, -0.2) is 4.79 Å². The summed E-state index contributed by atoms with van der Waals surface area (Å²) in [7, 11) is 0. The number of carbonyl (C=O) groups is 2. The maximum absolute atomic E-state index is 9.76. The molecule has 0 rings (SSSR count). The minimum absolute atomic E-state index is 0.0451. The summed E-state index contributed by atoms with van der Waals surface area (Å²) in [6.45, 7) is 8.62. The molecule has 0 bridgehead atoms. The molecule has 6 heteroatoms. The van der Waals surface area contributed by atoms with Crippen molar-refractivity contribution in [3.05, 3.63) is 12.7 Å². The second kappa shape index (κ2) is 14.7. The number of aliphatic carboxylic acids is 2. The van der Waals surface area contributed by atoms with Crippen molar-refractivity contribution in [1.82, 2.24) is 0 Å². The summed E-state index contributed by atoms with van der Waals surface area (Å²) in [6.07, 6.45) is 2.91. The fourth-order valence-electron chi connectivity index (χ4n) is 0.378. The van der Waals surface area contributed by atoms with Crippen LogP contribution in [0.3, 0.4) is 0 Å². The van der Waals surface area contributed by atoms with Crippen LogP contribution in [0, 0.1) is 5.41 Å². The van der Waals surface area contributed by atoms with Crippen LogP contribution in [0.2, 0.25) is 0 Å². The van der Waals surface area contributed by atoms with Crippen molar-refractivity contribution in [2.24, 2.45) is 5.41 Å². The molecule has 0 aliphatic carbocycles. The van der Waals surface area contributed by atoms with Gasteiger partial charge in [0, 0.05) is 17.9 Å². The molecule has 19 heavy (non-hydrogen) atoms. The van der Waals surface area contributed by atoms with Gasteiger partial charge < -0.3 is 20.4 Å². The molecule has 0 unspecified atom stereocenters. The molecule has 0 spiro atoms. The number of hydrogen-bond donors (Lipinski definition) is 4. The predicted molar refractivity (Wildman–Crippen MR) is 72.9 cm³/mol. The highest BCUT2D eigenvalue weighted by Crippen LogP contribution is 2.10. The zero-order valence-electron chi connectivity index (χ0n) is 11.9. The summed E-state index contributed by atoms with van der Waals surface area (Å²) >= 11 is 0. The quantitative estimate of drug-likeness (QED) is 0.547. The van der Waals surface area contributed by atoms with E-state index in [0.29, 0.717) is 6.42 Å². The lowest BCUT2D eigenvalue weighted by atomic mass is 9.97. The third kappa shape index (κ3) is 31.5. The highest BCUT2D eigenvalue weighted by molar-refractivity contribution is 5.78. The van der Waals surface area contributed by atoms with Crippen LogP contribution in [-0.2, 0) is 9.59 Å². The van der Waals surface area contributed by atoms with Crippen molar-refractivity contribution in [2.45, 2.75) is 40.0 Å². The first-order valence-corrected chi connectivity index (χ1v) is 5.95. The highest BCUT2D eigenvalue weighted by atomic mass is 16.4.